The lowest BCUT2D eigenvalue weighted by Crippen LogP contribution is -2.58. The van der Waals surface area contributed by atoms with Crippen LogP contribution in [0.5, 0.6) is 0 Å². The Morgan fingerprint density at radius 2 is 1.75 bits per heavy atom. The van der Waals surface area contributed by atoms with E-state index in [0.717, 1.165) is 0 Å². The number of carbonyl (C=O) groups excluding carboxylic acids is 1. The normalized spacial score (nSPS) is 14.7. The lowest BCUT2D eigenvalue weighted by molar-refractivity contribution is -0.155. The van der Waals surface area contributed by atoms with Gasteiger partial charge in [-0.3, -0.25) is 4.79 Å². The molecule has 0 aliphatic heterocycles. The van der Waals surface area contributed by atoms with E-state index in [1.165, 1.54) is 7.11 Å². The number of nitrogens with one attached hydrogen (secondary N) is 1. The molecule has 0 aromatic carbocycles. The Labute approximate surface area is 98.7 Å². The Balaban J connectivity index is 4.69. The van der Waals surface area contributed by atoms with Crippen molar-refractivity contribution in [2.24, 2.45) is 5.41 Å². The highest BCUT2D eigenvalue weighted by Crippen LogP contribution is 2.32. The summed E-state index contributed by atoms with van der Waals surface area (Å²) in [6.07, 6.45) is 0. The molecule has 0 bridgehead atoms. The first-order chi connectivity index (χ1) is 7.19. The summed E-state index contributed by atoms with van der Waals surface area (Å²) >= 11 is 0. The third kappa shape index (κ3) is 3.46. The van der Waals surface area contributed by atoms with Crippen molar-refractivity contribution in [2.45, 2.75) is 46.2 Å². The zero-order valence-electron chi connectivity index (χ0n) is 11.5. The van der Waals surface area contributed by atoms with Gasteiger partial charge < -0.3 is 14.8 Å². The topological polar surface area (TPSA) is 47.6 Å². The van der Waals surface area contributed by atoms with Gasteiger partial charge in [-0.2, -0.15) is 0 Å². The van der Waals surface area contributed by atoms with Crippen LogP contribution in [0.2, 0.25) is 0 Å². The maximum Gasteiger partial charge on any atom is 0.313 e. The Morgan fingerprint density at radius 3 is 2.12 bits per heavy atom. The van der Waals surface area contributed by atoms with Gasteiger partial charge in [-0.1, -0.05) is 0 Å². The number of carbonyl (C=O) groups is 1. The summed E-state index contributed by atoms with van der Waals surface area (Å²) in [5, 5.41) is 3.39. The lowest BCUT2D eigenvalue weighted by atomic mass is 9.74. The molecule has 0 aliphatic carbocycles. The molecule has 0 fully saturated rings. The van der Waals surface area contributed by atoms with Crippen LogP contribution in [0.4, 0.5) is 0 Å². The SMILES string of the molecule is COCC(C)NC(C)(C)C(C)(C)C(=O)OC. The summed E-state index contributed by atoms with van der Waals surface area (Å²) in [5.41, 5.74) is -0.957. The van der Waals surface area contributed by atoms with E-state index in [0.29, 0.717) is 6.61 Å². The summed E-state index contributed by atoms with van der Waals surface area (Å²) in [4.78, 5) is 11.7. The Hall–Kier alpha value is -0.610. The van der Waals surface area contributed by atoms with E-state index < -0.39 is 5.41 Å². The summed E-state index contributed by atoms with van der Waals surface area (Å²) in [6, 6.07) is 0.184. The number of ether oxygens (including phenoxy) is 2. The van der Waals surface area contributed by atoms with Crippen LogP contribution >= 0.6 is 0 Å². The van der Waals surface area contributed by atoms with E-state index in [1.54, 1.807) is 7.11 Å². The lowest BCUT2D eigenvalue weighted by Gasteiger charge is -2.41. The maximum absolute atomic E-state index is 11.7. The average Bonchev–Trinajstić information content (AvgIpc) is 2.15. The van der Waals surface area contributed by atoms with Crippen molar-refractivity contribution >= 4 is 5.97 Å². The molecule has 1 unspecified atom stereocenters. The number of hydrogen-bond donors (Lipinski definition) is 1. The largest absolute Gasteiger partial charge is 0.469 e. The molecular formula is C12H25NO3. The van der Waals surface area contributed by atoms with E-state index in [1.807, 2.05) is 34.6 Å². The van der Waals surface area contributed by atoms with Crippen molar-refractivity contribution < 1.29 is 14.3 Å². The molecule has 1 N–H and O–H groups in total. The van der Waals surface area contributed by atoms with Gasteiger partial charge in [-0.25, -0.2) is 0 Å². The highest BCUT2D eigenvalue weighted by Gasteiger charge is 2.44. The molecule has 0 amide bonds. The van der Waals surface area contributed by atoms with Gasteiger partial charge in [-0.05, 0) is 34.6 Å². The zero-order chi connectivity index (χ0) is 13.0. The van der Waals surface area contributed by atoms with Crippen LogP contribution < -0.4 is 5.32 Å². The second-order valence-electron chi connectivity index (χ2n) is 5.24. The molecule has 16 heavy (non-hydrogen) atoms. The number of methoxy groups -OCH3 is 2. The first-order valence-corrected chi connectivity index (χ1v) is 5.54. The number of hydrogen-bond acceptors (Lipinski definition) is 4. The quantitative estimate of drug-likeness (QED) is 0.705. The van der Waals surface area contributed by atoms with Gasteiger partial charge in [-0.15, -0.1) is 0 Å². The van der Waals surface area contributed by atoms with Crippen molar-refractivity contribution in [1.82, 2.24) is 5.32 Å². The minimum Gasteiger partial charge on any atom is -0.469 e. The molecule has 1 atom stereocenters. The molecule has 96 valence electrons. The molecular weight excluding hydrogens is 206 g/mol. The molecule has 0 rings (SSSR count). The van der Waals surface area contributed by atoms with Gasteiger partial charge in [0.1, 0.15) is 0 Å². The fourth-order valence-electron chi connectivity index (χ4n) is 1.60. The first-order valence-electron chi connectivity index (χ1n) is 5.54. The molecule has 0 saturated carbocycles. The Bertz CT molecular complexity index is 236. The summed E-state index contributed by atoms with van der Waals surface area (Å²) in [7, 11) is 3.08. The van der Waals surface area contributed by atoms with E-state index in [2.05, 4.69) is 5.32 Å². The molecule has 0 saturated heterocycles. The van der Waals surface area contributed by atoms with E-state index in [9.17, 15) is 4.79 Å². The molecule has 4 heteroatoms. The van der Waals surface area contributed by atoms with E-state index in [-0.39, 0.29) is 17.6 Å². The molecule has 0 aromatic heterocycles. The average molecular weight is 231 g/mol. The van der Waals surface area contributed by atoms with Gasteiger partial charge in [0.2, 0.25) is 0 Å². The standard InChI is InChI=1S/C12H25NO3/c1-9(8-15-6)13-12(4,5)11(2,3)10(14)16-7/h9,13H,8H2,1-7H3. The summed E-state index contributed by atoms with van der Waals surface area (Å²) in [6.45, 7) is 10.4. The monoisotopic (exact) mass is 231 g/mol. The molecule has 0 radical (unpaired) electrons. The third-order valence-electron chi connectivity index (χ3n) is 3.28. The fourth-order valence-corrected chi connectivity index (χ4v) is 1.60. The third-order valence-corrected chi connectivity index (χ3v) is 3.28. The maximum atomic E-state index is 11.7. The van der Waals surface area contributed by atoms with E-state index in [4.69, 9.17) is 9.47 Å². The molecule has 0 spiro atoms. The minimum atomic E-state index is -0.594. The van der Waals surface area contributed by atoms with Crippen molar-refractivity contribution in [3.63, 3.8) is 0 Å². The van der Waals surface area contributed by atoms with Crippen molar-refractivity contribution in [2.75, 3.05) is 20.8 Å². The number of esters is 1. The highest BCUT2D eigenvalue weighted by molar-refractivity contribution is 5.77. The van der Waals surface area contributed by atoms with Crippen LogP contribution in [-0.4, -0.2) is 38.4 Å². The molecule has 0 heterocycles. The van der Waals surface area contributed by atoms with Gasteiger partial charge in [0.25, 0.3) is 0 Å². The highest BCUT2D eigenvalue weighted by atomic mass is 16.5. The smallest absolute Gasteiger partial charge is 0.313 e. The minimum absolute atomic E-state index is 0.184. The van der Waals surface area contributed by atoms with Gasteiger partial charge in [0, 0.05) is 18.7 Å². The van der Waals surface area contributed by atoms with Crippen LogP contribution in [0, 0.1) is 5.41 Å². The summed E-state index contributed by atoms with van der Waals surface area (Å²) in [5.74, 6) is -0.213. The van der Waals surface area contributed by atoms with Gasteiger partial charge >= 0.3 is 5.97 Å². The number of rotatable bonds is 6. The first kappa shape index (κ1) is 15.4. The van der Waals surface area contributed by atoms with Crippen molar-refractivity contribution in [3.8, 4) is 0 Å². The zero-order valence-corrected chi connectivity index (χ0v) is 11.5. The second kappa shape index (κ2) is 5.64. The predicted molar refractivity (Wildman–Crippen MR) is 64.3 cm³/mol. The molecule has 0 aliphatic rings. The predicted octanol–water partition coefficient (Wildman–Crippen LogP) is 1.59. The van der Waals surface area contributed by atoms with Crippen LogP contribution in [0.1, 0.15) is 34.6 Å². The molecule has 0 aromatic rings. The van der Waals surface area contributed by atoms with E-state index >= 15 is 0 Å². The fraction of sp³-hybridized carbons (Fsp3) is 0.917. The van der Waals surface area contributed by atoms with Crippen LogP contribution in [0.15, 0.2) is 0 Å². The van der Waals surface area contributed by atoms with Crippen molar-refractivity contribution in [3.05, 3.63) is 0 Å². The van der Waals surface area contributed by atoms with Crippen molar-refractivity contribution in [1.29, 1.82) is 0 Å². The van der Waals surface area contributed by atoms with Crippen LogP contribution in [0.25, 0.3) is 0 Å². The Kier molecular flexibility index (Phi) is 5.42. The summed E-state index contributed by atoms with van der Waals surface area (Å²) < 4.78 is 9.90. The van der Waals surface area contributed by atoms with Crippen LogP contribution in [0.3, 0.4) is 0 Å². The van der Waals surface area contributed by atoms with Gasteiger partial charge in [0.05, 0.1) is 19.1 Å². The van der Waals surface area contributed by atoms with Gasteiger partial charge in [0.15, 0.2) is 0 Å². The van der Waals surface area contributed by atoms with Crippen LogP contribution in [-0.2, 0) is 14.3 Å². The molecule has 4 nitrogen and oxygen atoms in total. The Morgan fingerprint density at radius 1 is 1.25 bits per heavy atom. The second-order valence-corrected chi connectivity index (χ2v) is 5.24.